The summed E-state index contributed by atoms with van der Waals surface area (Å²) < 4.78 is 19.0. The summed E-state index contributed by atoms with van der Waals surface area (Å²) in [6.45, 7) is 4.37. The number of rotatable bonds is 11. The number of hydrogen-bond acceptors (Lipinski definition) is 6. The smallest absolute Gasteiger partial charge is 0.191 e. The average molecular weight is 572 g/mol. The number of benzene rings is 1. The van der Waals surface area contributed by atoms with Gasteiger partial charge in [0.05, 0.1) is 26.3 Å². The van der Waals surface area contributed by atoms with E-state index in [-0.39, 0.29) is 30.1 Å². The van der Waals surface area contributed by atoms with Gasteiger partial charge in [0.15, 0.2) is 23.3 Å². The van der Waals surface area contributed by atoms with Crippen LogP contribution in [0.5, 0.6) is 11.5 Å². The van der Waals surface area contributed by atoms with Crippen LogP contribution in [0.3, 0.4) is 0 Å². The number of methoxy groups -OCH3 is 2. The largest absolute Gasteiger partial charge is 0.493 e. The SMILES string of the molecule is COCCCNC(=NCc1cccc(OC)c1OC1CCCC1)NCc1nnc(C)n1C.I. The first-order chi connectivity index (χ1) is 15.6. The Hall–Kier alpha value is -2.08. The molecule has 33 heavy (non-hydrogen) atoms. The molecule has 0 radical (unpaired) electrons. The lowest BCUT2D eigenvalue weighted by atomic mass is 10.1. The van der Waals surface area contributed by atoms with Gasteiger partial charge < -0.3 is 29.4 Å². The molecular weight excluding hydrogens is 535 g/mol. The van der Waals surface area contributed by atoms with Crippen LogP contribution >= 0.6 is 24.0 Å². The van der Waals surface area contributed by atoms with Crippen LogP contribution in [0.1, 0.15) is 49.3 Å². The highest BCUT2D eigenvalue weighted by atomic mass is 127. The molecule has 0 unspecified atom stereocenters. The summed E-state index contributed by atoms with van der Waals surface area (Å²) in [5.41, 5.74) is 1.00. The van der Waals surface area contributed by atoms with Crippen LogP contribution in [0, 0.1) is 6.92 Å². The number of ether oxygens (including phenoxy) is 3. The molecule has 1 heterocycles. The van der Waals surface area contributed by atoms with Crippen molar-refractivity contribution in [2.45, 2.75) is 58.2 Å². The van der Waals surface area contributed by atoms with E-state index in [2.05, 4.69) is 20.8 Å². The molecular formula is C23H37IN6O3. The Kier molecular flexibility index (Phi) is 11.7. The first-order valence-corrected chi connectivity index (χ1v) is 11.3. The fraction of sp³-hybridized carbons (Fsp3) is 0.609. The topological polar surface area (TPSA) is 94.8 Å². The lowest BCUT2D eigenvalue weighted by Crippen LogP contribution is -2.38. The van der Waals surface area contributed by atoms with E-state index in [0.717, 1.165) is 54.5 Å². The second-order valence-corrected chi connectivity index (χ2v) is 7.99. The Morgan fingerprint density at radius 2 is 1.97 bits per heavy atom. The molecule has 0 aliphatic heterocycles. The van der Waals surface area contributed by atoms with Crippen LogP contribution in [-0.2, 0) is 24.9 Å². The van der Waals surface area contributed by atoms with Gasteiger partial charge in [-0.15, -0.1) is 34.2 Å². The molecule has 0 spiro atoms. The van der Waals surface area contributed by atoms with E-state index in [4.69, 9.17) is 19.2 Å². The van der Waals surface area contributed by atoms with Crippen molar-refractivity contribution in [1.29, 1.82) is 0 Å². The third kappa shape index (κ3) is 8.02. The van der Waals surface area contributed by atoms with Crippen molar-refractivity contribution < 1.29 is 14.2 Å². The highest BCUT2D eigenvalue weighted by Crippen LogP contribution is 2.35. The second kappa shape index (κ2) is 14.2. The van der Waals surface area contributed by atoms with E-state index >= 15 is 0 Å². The van der Waals surface area contributed by atoms with Crippen LogP contribution in [0.2, 0.25) is 0 Å². The predicted octanol–water partition coefficient (Wildman–Crippen LogP) is 3.34. The van der Waals surface area contributed by atoms with Crippen LogP contribution in [0.15, 0.2) is 23.2 Å². The summed E-state index contributed by atoms with van der Waals surface area (Å²) >= 11 is 0. The van der Waals surface area contributed by atoms with Crippen molar-refractivity contribution in [3.05, 3.63) is 35.4 Å². The molecule has 1 aromatic carbocycles. The van der Waals surface area contributed by atoms with Gasteiger partial charge in [0.25, 0.3) is 0 Å². The van der Waals surface area contributed by atoms with Crippen molar-refractivity contribution in [3.8, 4) is 11.5 Å². The predicted molar refractivity (Wildman–Crippen MR) is 140 cm³/mol. The second-order valence-electron chi connectivity index (χ2n) is 7.99. The van der Waals surface area contributed by atoms with Crippen molar-refractivity contribution in [1.82, 2.24) is 25.4 Å². The third-order valence-corrected chi connectivity index (χ3v) is 5.69. The van der Waals surface area contributed by atoms with E-state index < -0.39 is 0 Å². The Bertz CT molecular complexity index is 883. The molecule has 1 saturated carbocycles. The van der Waals surface area contributed by atoms with Gasteiger partial charge in [-0.05, 0) is 45.1 Å². The van der Waals surface area contributed by atoms with E-state index in [0.29, 0.717) is 25.7 Å². The fourth-order valence-electron chi connectivity index (χ4n) is 3.68. The molecule has 1 aromatic heterocycles. The van der Waals surface area contributed by atoms with Gasteiger partial charge in [-0.3, -0.25) is 0 Å². The number of nitrogens with zero attached hydrogens (tertiary/aromatic N) is 4. The van der Waals surface area contributed by atoms with E-state index in [9.17, 15) is 0 Å². The van der Waals surface area contributed by atoms with Gasteiger partial charge >= 0.3 is 0 Å². The summed E-state index contributed by atoms with van der Waals surface area (Å²) in [4.78, 5) is 4.81. The maximum Gasteiger partial charge on any atom is 0.191 e. The van der Waals surface area contributed by atoms with Gasteiger partial charge in [0, 0.05) is 32.9 Å². The van der Waals surface area contributed by atoms with Gasteiger partial charge in [0.1, 0.15) is 5.82 Å². The van der Waals surface area contributed by atoms with E-state index in [1.165, 1.54) is 12.8 Å². The van der Waals surface area contributed by atoms with E-state index in [1.54, 1.807) is 14.2 Å². The Balaban J connectivity index is 0.00000385. The molecule has 9 nitrogen and oxygen atoms in total. The maximum atomic E-state index is 6.35. The zero-order valence-corrected chi connectivity index (χ0v) is 22.4. The Morgan fingerprint density at radius 3 is 2.64 bits per heavy atom. The van der Waals surface area contributed by atoms with Crippen molar-refractivity contribution >= 4 is 29.9 Å². The zero-order valence-electron chi connectivity index (χ0n) is 20.1. The molecule has 3 rings (SSSR count). The fourth-order valence-corrected chi connectivity index (χ4v) is 3.68. The lowest BCUT2D eigenvalue weighted by Gasteiger charge is -2.19. The number of aliphatic imine (C=N–C) groups is 1. The quantitative estimate of drug-likeness (QED) is 0.185. The number of halogens is 1. The summed E-state index contributed by atoms with van der Waals surface area (Å²) in [7, 11) is 5.34. The van der Waals surface area contributed by atoms with Gasteiger partial charge in [-0.1, -0.05) is 12.1 Å². The number of aromatic nitrogens is 3. The molecule has 0 atom stereocenters. The average Bonchev–Trinajstić information content (AvgIpc) is 3.43. The number of hydrogen-bond donors (Lipinski definition) is 2. The number of nitrogens with one attached hydrogen (secondary N) is 2. The molecule has 0 saturated heterocycles. The molecule has 1 fully saturated rings. The van der Waals surface area contributed by atoms with Crippen molar-refractivity contribution in [2.24, 2.45) is 12.0 Å². The summed E-state index contributed by atoms with van der Waals surface area (Å²) in [6.07, 6.45) is 5.74. The molecule has 1 aliphatic carbocycles. The third-order valence-electron chi connectivity index (χ3n) is 5.69. The molecule has 2 aromatic rings. The molecule has 10 heteroatoms. The lowest BCUT2D eigenvalue weighted by molar-refractivity contribution is 0.195. The summed E-state index contributed by atoms with van der Waals surface area (Å²) in [5.74, 6) is 3.98. The zero-order chi connectivity index (χ0) is 22.8. The number of guanidine groups is 1. The van der Waals surface area contributed by atoms with Crippen molar-refractivity contribution in [3.63, 3.8) is 0 Å². The minimum Gasteiger partial charge on any atom is -0.493 e. The monoisotopic (exact) mass is 572 g/mol. The summed E-state index contributed by atoms with van der Waals surface area (Å²) in [5, 5.41) is 15.1. The van der Waals surface area contributed by atoms with Crippen LogP contribution in [-0.4, -0.2) is 54.2 Å². The molecule has 1 aliphatic rings. The minimum absolute atomic E-state index is 0. The van der Waals surface area contributed by atoms with Crippen LogP contribution in [0.4, 0.5) is 0 Å². The first-order valence-electron chi connectivity index (χ1n) is 11.3. The number of aryl methyl sites for hydroxylation is 1. The minimum atomic E-state index is 0. The molecule has 0 amide bonds. The van der Waals surface area contributed by atoms with Gasteiger partial charge in [-0.2, -0.15) is 0 Å². The van der Waals surface area contributed by atoms with Crippen LogP contribution in [0.25, 0.3) is 0 Å². The normalized spacial score (nSPS) is 14.1. The molecule has 0 bridgehead atoms. The maximum absolute atomic E-state index is 6.35. The van der Waals surface area contributed by atoms with Crippen LogP contribution < -0.4 is 20.1 Å². The summed E-state index contributed by atoms with van der Waals surface area (Å²) in [6, 6.07) is 5.97. The van der Waals surface area contributed by atoms with E-state index in [1.807, 2.05) is 36.7 Å². The van der Waals surface area contributed by atoms with Gasteiger partial charge in [-0.25, -0.2) is 4.99 Å². The first kappa shape index (κ1) is 27.2. The van der Waals surface area contributed by atoms with Gasteiger partial charge in [0.2, 0.25) is 0 Å². The Morgan fingerprint density at radius 1 is 1.18 bits per heavy atom. The highest BCUT2D eigenvalue weighted by Gasteiger charge is 2.20. The molecule has 184 valence electrons. The standard InChI is InChI=1S/C23H36N6O3.HI/c1-17-27-28-21(29(17)2)16-26-23(24-13-8-14-30-3)25-15-18-9-7-12-20(31-4)22(18)32-19-10-5-6-11-19;/h7,9,12,19H,5-6,8,10-11,13-16H2,1-4H3,(H2,24,25,26);1H. The number of para-hydroxylation sites is 1. The highest BCUT2D eigenvalue weighted by molar-refractivity contribution is 14.0. The van der Waals surface area contributed by atoms with Crippen molar-refractivity contribution in [2.75, 3.05) is 27.4 Å². The molecule has 2 N–H and O–H groups in total. The Labute approximate surface area is 213 Å².